The second kappa shape index (κ2) is 6.64. The van der Waals surface area contributed by atoms with Crippen LogP contribution in [0.2, 0.25) is 5.02 Å². The van der Waals surface area contributed by atoms with Crippen LogP contribution in [0.15, 0.2) is 21.5 Å². The number of hydrogen-bond donors (Lipinski definition) is 0. The van der Waals surface area contributed by atoms with Gasteiger partial charge in [-0.3, -0.25) is 0 Å². The van der Waals surface area contributed by atoms with Crippen LogP contribution >= 0.6 is 27.5 Å². The van der Waals surface area contributed by atoms with Crippen LogP contribution in [0.5, 0.6) is 5.75 Å². The summed E-state index contributed by atoms with van der Waals surface area (Å²) in [5, 5.41) is 0.226. The number of rotatable bonds is 5. The van der Waals surface area contributed by atoms with Crippen LogP contribution in [0.3, 0.4) is 0 Å². The molecule has 0 spiro atoms. The topological polar surface area (TPSA) is 52.6 Å². The van der Waals surface area contributed by atoms with Crippen molar-refractivity contribution in [3.8, 4) is 5.75 Å². The first-order chi connectivity index (χ1) is 9.07. The van der Waals surface area contributed by atoms with Crippen molar-refractivity contribution in [1.29, 1.82) is 0 Å². The Morgan fingerprint density at radius 2 is 1.90 bits per heavy atom. The quantitative estimate of drug-likeness (QED) is 0.721. The van der Waals surface area contributed by atoms with Gasteiger partial charge in [0.1, 0.15) is 0 Å². The average Bonchev–Trinajstić information content (AvgIpc) is 2.24. The van der Waals surface area contributed by atoms with E-state index in [1.54, 1.807) is 0 Å². The van der Waals surface area contributed by atoms with E-state index in [1.165, 1.54) is 19.2 Å². The molecule has 7 heteroatoms. The first-order valence-corrected chi connectivity index (χ1v) is 8.73. The molecule has 0 saturated carbocycles. The molecule has 114 valence electrons. The second-order valence-corrected chi connectivity index (χ2v) is 8.84. The third-order valence-electron chi connectivity index (χ3n) is 2.28. The summed E-state index contributed by atoms with van der Waals surface area (Å²) in [6, 6.07) is 2.90. The van der Waals surface area contributed by atoms with Crippen LogP contribution in [0.1, 0.15) is 20.8 Å². The highest BCUT2D eigenvalue weighted by atomic mass is 79.9. The van der Waals surface area contributed by atoms with Crippen molar-refractivity contribution in [2.24, 2.45) is 5.41 Å². The lowest BCUT2D eigenvalue weighted by Gasteiger charge is -2.19. The third kappa shape index (κ3) is 4.91. The molecule has 1 aromatic carbocycles. The van der Waals surface area contributed by atoms with Gasteiger partial charge in [0, 0.05) is 7.11 Å². The Labute approximate surface area is 133 Å². The average molecular weight is 386 g/mol. The Hall–Kier alpha value is -0.300. The number of ether oxygens (including phenoxy) is 2. The molecule has 0 saturated heterocycles. The van der Waals surface area contributed by atoms with E-state index < -0.39 is 9.84 Å². The highest BCUT2D eigenvalue weighted by Gasteiger charge is 2.25. The van der Waals surface area contributed by atoms with Gasteiger partial charge < -0.3 is 9.47 Å². The van der Waals surface area contributed by atoms with Crippen molar-refractivity contribution in [3.63, 3.8) is 0 Å². The predicted octanol–water partition coefficient (Wildman–Crippen LogP) is 3.91. The third-order valence-corrected chi connectivity index (χ3v) is 5.34. The van der Waals surface area contributed by atoms with Gasteiger partial charge in [-0.25, -0.2) is 8.42 Å². The minimum Gasteiger partial charge on any atom is -0.465 e. The largest absolute Gasteiger partial charge is 0.465 e. The summed E-state index contributed by atoms with van der Waals surface area (Å²) in [6.45, 7) is 5.65. The van der Waals surface area contributed by atoms with Crippen molar-refractivity contribution in [2.75, 3.05) is 19.7 Å². The molecule has 0 aliphatic rings. The zero-order valence-corrected chi connectivity index (χ0v) is 15.0. The molecule has 0 bridgehead atoms. The fourth-order valence-electron chi connectivity index (χ4n) is 1.63. The Morgan fingerprint density at radius 3 is 2.35 bits per heavy atom. The zero-order chi connectivity index (χ0) is 15.6. The van der Waals surface area contributed by atoms with Crippen molar-refractivity contribution >= 4 is 37.4 Å². The molecule has 0 unspecified atom stereocenters. The maximum Gasteiger partial charge on any atom is 0.188 e. The molecule has 1 rings (SSSR count). The SMILES string of the molecule is COCOc1c(Cl)cc(S(=O)(=O)CC(C)(C)C)cc1Br. The normalized spacial score (nSPS) is 12.5. The minimum atomic E-state index is -3.40. The number of benzene rings is 1. The standard InChI is InChI=1S/C13H18BrClO4S/c1-13(2,3)7-20(16,17)9-5-10(14)12(11(15)6-9)19-8-18-4/h5-6H,7-8H2,1-4H3. The number of sulfone groups is 1. The molecule has 0 radical (unpaired) electrons. The van der Waals surface area contributed by atoms with Crippen LogP contribution in [0.25, 0.3) is 0 Å². The molecule has 0 aliphatic heterocycles. The Bertz CT molecular complexity index is 556. The molecule has 20 heavy (non-hydrogen) atoms. The molecule has 0 N–H and O–H groups in total. The van der Waals surface area contributed by atoms with Crippen LogP contribution in [-0.4, -0.2) is 28.1 Å². The molecule has 0 aliphatic carbocycles. The van der Waals surface area contributed by atoms with E-state index in [1.807, 2.05) is 20.8 Å². The smallest absolute Gasteiger partial charge is 0.188 e. The molecule has 0 atom stereocenters. The summed E-state index contributed by atoms with van der Waals surface area (Å²) >= 11 is 9.34. The monoisotopic (exact) mass is 384 g/mol. The zero-order valence-electron chi connectivity index (χ0n) is 11.9. The highest BCUT2D eigenvalue weighted by molar-refractivity contribution is 9.10. The van der Waals surface area contributed by atoms with Gasteiger partial charge in [0.25, 0.3) is 0 Å². The lowest BCUT2D eigenvalue weighted by Crippen LogP contribution is -2.21. The summed E-state index contributed by atoms with van der Waals surface area (Å²) in [4.78, 5) is 0.175. The number of halogens is 2. The second-order valence-electron chi connectivity index (χ2n) is 5.59. The van der Waals surface area contributed by atoms with E-state index in [-0.39, 0.29) is 27.9 Å². The predicted molar refractivity (Wildman–Crippen MR) is 83.2 cm³/mol. The molecular weight excluding hydrogens is 368 g/mol. The maximum atomic E-state index is 12.3. The van der Waals surface area contributed by atoms with Gasteiger partial charge in [0.15, 0.2) is 22.4 Å². The fraction of sp³-hybridized carbons (Fsp3) is 0.538. The summed E-state index contributed by atoms with van der Waals surface area (Å²) in [5.74, 6) is 0.407. The number of methoxy groups -OCH3 is 1. The summed E-state index contributed by atoms with van der Waals surface area (Å²) in [5.41, 5.74) is -0.330. The summed E-state index contributed by atoms with van der Waals surface area (Å²) < 4.78 is 35.2. The molecule has 0 aromatic heterocycles. The van der Waals surface area contributed by atoms with E-state index in [2.05, 4.69) is 15.9 Å². The van der Waals surface area contributed by atoms with E-state index in [0.717, 1.165) is 0 Å². The van der Waals surface area contributed by atoms with Gasteiger partial charge >= 0.3 is 0 Å². The van der Waals surface area contributed by atoms with E-state index in [9.17, 15) is 8.42 Å². The lowest BCUT2D eigenvalue weighted by atomic mass is 10.0. The van der Waals surface area contributed by atoms with Crippen LogP contribution in [0, 0.1) is 5.41 Å². The Morgan fingerprint density at radius 1 is 1.30 bits per heavy atom. The van der Waals surface area contributed by atoms with Crippen molar-refractivity contribution in [3.05, 3.63) is 21.6 Å². The fourth-order valence-corrected chi connectivity index (χ4v) is 4.71. The van der Waals surface area contributed by atoms with E-state index in [0.29, 0.717) is 10.2 Å². The van der Waals surface area contributed by atoms with Crippen LogP contribution in [0.4, 0.5) is 0 Å². The van der Waals surface area contributed by atoms with Crippen molar-refractivity contribution in [2.45, 2.75) is 25.7 Å². The van der Waals surface area contributed by atoms with Gasteiger partial charge in [-0.1, -0.05) is 32.4 Å². The van der Waals surface area contributed by atoms with Gasteiger partial charge in [0.05, 0.1) is 20.1 Å². The van der Waals surface area contributed by atoms with Crippen molar-refractivity contribution in [1.82, 2.24) is 0 Å². The van der Waals surface area contributed by atoms with E-state index in [4.69, 9.17) is 21.1 Å². The number of hydrogen-bond acceptors (Lipinski definition) is 4. The summed E-state index contributed by atoms with van der Waals surface area (Å²) in [6.07, 6.45) is 0. The van der Waals surface area contributed by atoms with Crippen LogP contribution in [-0.2, 0) is 14.6 Å². The highest BCUT2D eigenvalue weighted by Crippen LogP contribution is 2.36. The summed E-state index contributed by atoms with van der Waals surface area (Å²) in [7, 11) is -1.91. The van der Waals surface area contributed by atoms with E-state index >= 15 is 0 Å². The Balaban J connectivity index is 3.17. The van der Waals surface area contributed by atoms with Crippen molar-refractivity contribution < 1.29 is 17.9 Å². The Kier molecular flexibility index (Phi) is 5.89. The molecule has 1 aromatic rings. The van der Waals surface area contributed by atoms with Gasteiger partial charge in [-0.2, -0.15) is 0 Å². The lowest BCUT2D eigenvalue weighted by molar-refractivity contribution is 0.0506. The van der Waals surface area contributed by atoms with Gasteiger partial charge in [0.2, 0.25) is 0 Å². The minimum absolute atomic E-state index is 0.0341. The van der Waals surface area contributed by atoms with Gasteiger partial charge in [-0.15, -0.1) is 0 Å². The first kappa shape index (κ1) is 17.8. The van der Waals surface area contributed by atoms with Gasteiger partial charge in [-0.05, 0) is 33.5 Å². The maximum absolute atomic E-state index is 12.3. The first-order valence-electron chi connectivity index (χ1n) is 5.90. The molecular formula is C13H18BrClO4S. The molecule has 4 nitrogen and oxygen atoms in total. The van der Waals surface area contributed by atoms with Crippen LogP contribution < -0.4 is 4.74 Å². The molecule has 0 heterocycles. The molecule has 0 fully saturated rings. The molecule has 0 amide bonds.